The molecule has 0 aromatic heterocycles. The smallest absolute Gasteiger partial charge is 0.265 e. The topological polar surface area (TPSA) is 76.7 Å². The van der Waals surface area contributed by atoms with Crippen molar-refractivity contribution in [3.8, 4) is 11.5 Å². The van der Waals surface area contributed by atoms with E-state index in [0.717, 1.165) is 11.3 Å². The number of hydrogen-bond acceptors (Lipinski definition) is 4. The van der Waals surface area contributed by atoms with Crippen LogP contribution in [0.15, 0.2) is 42.5 Å². The predicted molar refractivity (Wildman–Crippen MR) is 98.7 cm³/mol. The van der Waals surface area contributed by atoms with Crippen molar-refractivity contribution < 1.29 is 19.1 Å². The second-order valence-corrected chi connectivity index (χ2v) is 6.13. The molecular formula is C20H22N2O4. The Morgan fingerprint density at radius 2 is 2.08 bits per heavy atom. The minimum absolute atomic E-state index is 0.214. The quantitative estimate of drug-likeness (QED) is 0.864. The number of anilines is 1. The first-order chi connectivity index (χ1) is 12.5. The number of hydrogen-bond donors (Lipinski definition) is 2. The first kappa shape index (κ1) is 17.8. The molecule has 1 aliphatic rings. The van der Waals surface area contributed by atoms with Gasteiger partial charge < -0.3 is 20.1 Å². The molecule has 2 atom stereocenters. The van der Waals surface area contributed by atoms with Crippen LogP contribution in [0, 0.1) is 0 Å². The lowest BCUT2D eigenvalue weighted by Crippen LogP contribution is -2.36. The highest BCUT2D eigenvalue weighted by Crippen LogP contribution is 2.33. The number of rotatable bonds is 5. The summed E-state index contributed by atoms with van der Waals surface area (Å²) < 4.78 is 11.2. The van der Waals surface area contributed by atoms with E-state index in [2.05, 4.69) is 10.6 Å². The number of ether oxygens (including phenoxy) is 2. The SMILES string of the molecule is CCOc1cccc(C(C)NC(=O)c2cccc3c2OC(C)C(=O)N3)c1. The van der Waals surface area contributed by atoms with Crippen LogP contribution in [-0.2, 0) is 4.79 Å². The van der Waals surface area contributed by atoms with Gasteiger partial charge in [0.2, 0.25) is 0 Å². The average Bonchev–Trinajstić information content (AvgIpc) is 2.62. The standard InChI is InChI=1S/C20H22N2O4/c1-4-25-15-8-5-7-14(11-15)12(2)21-20(24)16-9-6-10-17-18(16)26-13(3)19(23)22-17/h5-13H,4H2,1-3H3,(H,21,24)(H,22,23). The Bertz CT molecular complexity index is 834. The second-order valence-electron chi connectivity index (χ2n) is 6.13. The third-order valence-corrected chi connectivity index (χ3v) is 4.20. The van der Waals surface area contributed by atoms with Crippen LogP contribution in [0.1, 0.15) is 42.7 Å². The van der Waals surface area contributed by atoms with Crippen LogP contribution in [0.5, 0.6) is 11.5 Å². The average molecular weight is 354 g/mol. The lowest BCUT2D eigenvalue weighted by atomic mass is 10.1. The van der Waals surface area contributed by atoms with Crippen molar-refractivity contribution in [2.24, 2.45) is 0 Å². The van der Waals surface area contributed by atoms with Crippen molar-refractivity contribution in [2.45, 2.75) is 32.9 Å². The van der Waals surface area contributed by atoms with Gasteiger partial charge in [-0.3, -0.25) is 9.59 Å². The maximum absolute atomic E-state index is 12.8. The molecule has 1 aliphatic heterocycles. The summed E-state index contributed by atoms with van der Waals surface area (Å²) in [6.45, 7) is 6.07. The van der Waals surface area contributed by atoms with Crippen LogP contribution in [-0.4, -0.2) is 24.5 Å². The molecule has 0 spiro atoms. The van der Waals surface area contributed by atoms with Gasteiger partial charge in [-0.2, -0.15) is 0 Å². The number of carbonyl (C=O) groups excluding carboxylic acids is 2. The molecule has 1 heterocycles. The molecule has 0 aliphatic carbocycles. The Kier molecular flexibility index (Phi) is 5.11. The number of benzene rings is 2. The zero-order chi connectivity index (χ0) is 18.7. The van der Waals surface area contributed by atoms with E-state index in [0.29, 0.717) is 23.6 Å². The van der Waals surface area contributed by atoms with Gasteiger partial charge in [-0.1, -0.05) is 18.2 Å². The fourth-order valence-electron chi connectivity index (χ4n) is 2.80. The Balaban J connectivity index is 1.79. The minimum Gasteiger partial charge on any atom is -0.494 e. The molecule has 2 amide bonds. The first-order valence-electron chi connectivity index (χ1n) is 8.63. The summed E-state index contributed by atoms with van der Waals surface area (Å²) in [5.41, 5.74) is 1.84. The molecule has 2 N–H and O–H groups in total. The van der Waals surface area contributed by atoms with E-state index in [1.165, 1.54) is 0 Å². The van der Waals surface area contributed by atoms with E-state index in [9.17, 15) is 9.59 Å². The fraction of sp³-hybridized carbons (Fsp3) is 0.300. The molecule has 0 fully saturated rings. The Morgan fingerprint density at radius 1 is 1.31 bits per heavy atom. The predicted octanol–water partition coefficient (Wildman–Crippen LogP) is 3.30. The van der Waals surface area contributed by atoms with Crippen molar-refractivity contribution >= 4 is 17.5 Å². The van der Waals surface area contributed by atoms with Gasteiger partial charge in [-0.25, -0.2) is 0 Å². The third-order valence-electron chi connectivity index (χ3n) is 4.20. The highest BCUT2D eigenvalue weighted by molar-refractivity contribution is 6.04. The molecule has 26 heavy (non-hydrogen) atoms. The van der Waals surface area contributed by atoms with Crippen LogP contribution >= 0.6 is 0 Å². The minimum atomic E-state index is -0.642. The van der Waals surface area contributed by atoms with E-state index in [1.807, 2.05) is 38.1 Å². The van der Waals surface area contributed by atoms with Gasteiger partial charge in [-0.05, 0) is 50.6 Å². The van der Waals surface area contributed by atoms with Gasteiger partial charge in [-0.15, -0.1) is 0 Å². The highest BCUT2D eigenvalue weighted by atomic mass is 16.5. The summed E-state index contributed by atoms with van der Waals surface area (Å²) in [7, 11) is 0. The molecule has 6 heteroatoms. The van der Waals surface area contributed by atoms with E-state index in [1.54, 1.807) is 25.1 Å². The first-order valence-corrected chi connectivity index (χ1v) is 8.63. The fourth-order valence-corrected chi connectivity index (χ4v) is 2.80. The van der Waals surface area contributed by atoms with Gasteiger partial charge in [0.1, 0.15) is 5.75 Å². The zero-order valence-corrected chi connectivity index (χ0v) is 15.0. The van der Waals surface area contributed by atoms with E-state index in [-0.39, 0.29) is 17.9 Å². The molecule has 0 saturated heterocycles. The van der Waals surface area contributed by atoms with E-state index in [4.69, 9.17) is 9.47 Å². The van der Waals surface area contributed by atoms with Crippen molar-refractivity contribution in [2.75, 3.05) is 11.9 Å². The number of amides is 2. The van der Waals surface area contributed by atoms with Crippen LogP contribution in [0.2, 0.25) is 0 Å². The zero-order valence-electron chi connectivity index (χ0n) is 15.0. The summed E-state index contributed by atoms with van der Waals surface area (Å²) in [6, 6.07) is 12.5. The number of nitrogens with one attached hydrogen (secondary N) is 2. The Labute approximate surface area is 152 Å². The molecule has 2 aromatic rings. The van der Waals surface area contributed by atoms with Crippen LogP contribution in [0.4, 0.5) is 5.69 Å². The largest absolute Gasteiger partial charge is 0.494 e. The molecule has 3 rings (SSSR count). The number of carbonyl (C=O) groups is 2. The summed E-state index contributed by atoms with van der Waals surface area (Å²) in [5.74, 6) is 0.672. The Morgan fingerprint density at radius 3 is 2.85 bits per heavy atom. The van der Waals surface area contributed by atoms with Crippen molar-refractivity contribution in [3.63, 3.8) is 0 Å². The van der Waals surface area contributed by atoms with Gasteiger partial charge in [0.05, 0.1) is 23.9 Å². The van der Waals surface area contributed by atoms with Crippen molar-refractivity contribution in [1.29, 1.82) is 0 Å². The summed E-state index contributed by atoms with van der Waals surface area (Å²) in [4.78, 5) is 24.5. The van der Waals surface area contributed by atoms with E-state index < -0.39 is 6.10 Å². The summed E-state index contributed by atoms with van der Waals surface area (Å²) in [6.07, 6.45) is -0.642. The van der Waals surface area contributed by atoms with Crippen LogP contribution in [0.3, 0.4) is 0 Å². The van der Waals surface area contributed by atoms with Gasteiger partial charge in [0.25, 0.3) is 11.8 Å². The van der Waals surface area contributed by atoms with E-state index >= 15 is 0 Å². The Hall–Kier alpha value is -3.02. The molecule has 6 nitrogen and oxygen atoms in total. The number of para-hydroxylation sites is 1. The highest BCUT2D eigenvalue weighted by Gasteiger charge is 2.28. The maximum atomic E-state index is 12.8. The monoisotopic (exact) mass is 354 g/mol. The summed E-state index contributed by atoms with van der Waals surface area (Å²) >= 11 is 0. The maximum Gasteiger partial charge on any atom is 0.265 e. The van der Waals surface area contributed by atoms with Crippen molar-refractivity contribution in [1.82, 2.24) is 5.32 Å². The number of fused-ring (bicyclic) bond motifs is 1. The van der Waals surface area contributed by atoms with Crippen LogP contribution in [0.25, 0.3) is 0 Å². The molecular weight excluding hydrogens is 332 g/mol. The molecule has 136 valence electrons. The lowest BCUT2D eigenvalue weighted by molar-refractivity contribution is -0.122. The molecule has 2 aromatic carbocycles. The molecule has 0 radical (unpaired) electrons. The normalized spacial score (nSPS) is 16.7. The summed E-state index contributed by atoms with van der Waals surface area (Å²) in [5, 5.41) is 5.72. The second kappa shape index (κ2) is 7.47. The molecule has 2 unspecified atom stereocenters. The third kappa shape index (κ3) is 3.64. The lowest BCUT2D eigenvalue weighted by Gasteiger charge is -2.25. The van der Waals surface area contributed by atoms with Gasteiger partial charge in [0, 0.05) is 0 Å². The molecule has 0 bridgehead atoms. The molecule has 0 saturated carbocycles. The van der Waals surface area contributed by atoms with Crippen LogP contribution < -0.4 is 20.1 Å². The van der Waals surface area contributed by atoms with Gasteiger partial charge in [0.15, 0.2) is 11.9 Å². The van der Waals surface area contributed by atoms with Gasteiger partial charge >= 0.3 is 0 Å². The van der Waals surface area contributed by atoms with Crippen molar-refractivity contribution in [3.05, 3.63) is 53.6 Å².